The highest BCUT2D eigenvalue weighted by atomic mass is 16.4. The van der Waals surface area contributed by atoms with Crippen molar-refractivity contribution in [2.45, 2.75) is 64.1 Å². The molecular weight excluding hydrogens is 366 g/mol. The van der Waals surface area contributed by atoms with Crippen molar-refractivity contribution >= 4 is 34.8 Å². The van der Waals surface area contributed by atoms with Crippen molar-refractivity contribution in [3.63, 3.8) is 0 Å². The van der Waals surface area contributed by atoms with Crippen molar-refractivity contribution in [3.05, 3.63) is 0 Å². The lowest BCUT2D eigenvalue weighted by molar-refractivity contribution is -0.221. The molecule has 1 amide bonds. The lowest BCUT2D eigenvalue weighted by atomic mass is 9.66. The van der Waals surface area contributed by atoms with Gasteiger partial charge in [-0.05, 0) is 20.8 Å². The van der Waals surface area contributed by atoms with E-state index in [1.54, 1.807) is 5.32 Å². The zero-order chi connectivity index (χ0) is 21.9. The monoisotopic (exact) mass is 389 g/mol. The van der Waals surface area contributed by atoms with Gasteiger partial charge in [-0.3, -0.25) is 28.8 Å². The van der Waals surface area contributed by atoms with Crippen molar-refractivity contribution in [2.24, 2.45) is 0 Å². The standard InChI is InChI=1S/C16H23NO10/c1-6(18)11(23)13(17-10(5)22)15(26,8(3)20)16(27,9(4)21)14(25)12(24)7(2)19/h12-14,24-27H,1-5H3,(H,17,22)/t12?,13-,14+,15+,16-/m0/s1. The van der Waals surface area contributed by atoms with Crippen LogP contribution in [-0.2, 0) is 28.8 Å². The first-order valence-electron chi connectivity index (χ1n) is 7.72. The van der Waals surface area contributed by atoms with Crippen LogP contribution in [0.1, 0.15) is 34.6 Å². The highest BCUT2D eigenvalue weighted by Crippen LogP contribution is 2.34. The van der Waals surface area contributed by atoms with Crippen molar-refractivity contribution in [1.82, 2.24) is 5.32 Å². The molecule has 0 saturated carbocycles. The number of aliphatic hydroxyl groups is 4. The first-order chi connectivity index (χ1) is 12.1. The largest absolute Gasteiger partial charge is 0.386 e. The summed E-state index contributed by atoms with van der Waals surface area (Å²) in [5, 5.41) is 43.5. The van der Waals surface area contributed by atoms with Gasteiger partial charge in [-0.2, -0.15) is 0 Å². The SMILES string of the molecule is CC(=O)N[C@@H](C(=O)C(C)=O)[C@](O)(C(C)=O)[C@](O)(C(C)=O)[C@H](O)C(O)C(C)=O. The van der Waals surface area contributed by atoms with Crippen LogP contribution in [-0.4, -0.2) is 84.7 Å². The summed E-state index contributed by atoms with van der Waals surface area (Å²) in [4.78, 5) is 70.8. The van der Waals surface area contributed by atoms with Gasteiger partial charge in [0.25, 0.3) is 0 Å². The van der Waals surface area contributed by atoms with E-state index in [0.29, 0.717) is 13.8 Å². The molecule has 0 aromatic carbocycles. The van der Waals surface area contributed by atoms with Crippen LogP contribution >= 0.6 is 0 Å². The summed E-state index contributed by atoms with van der Waals surface area (Å²) in [6.45, 7) is 3.60. The van der Waals surface area contributed by atoms with Crippen LogP contribution in [0, 0.1) is 0 Å². The molecule has 0 aromatic rings. The van der Waals surface area contributed by atoms with Gasteiger partial charge in [0.05, 0.1) is 0 Å². The average Bonchev–Trinajstić information content (AvgIpc) is 2.55. The third-order valence-corrected chi connectivity index (χ3v) is 4.17. The number of ketones is 5. The number of rotatable bonds is 10. The molecule has 0 fully saturated rings. The Kier molecular flexibility index (Phi) is 7.82. The quantitative estimate of drug-likeness (QED) is 0.235. The van der Waals surface area contributed by atoms with Crippen molar-refractivity contribution in [1.29, 1.82) is 0 Å². The molecule has 11 heteroatoms. The minimum absolute atomic E-state index is 0.604. The average molecular weight is 389 g/mol. The number of amides is 1. The first-order valence-corrected chi connectivity index (χ1v) is 7.72. The highest BCUT2D eigenvalue weighted by molar-refractivity contribution is 6.39. The summed E-state index contributed by atoms with van der Waals surface area (Å²) in [7, 11) is 0. The summed E-state index contributed by atoms with van der Waals surface area (Å²) < 4.78 is 0. The Morgan fingerprint density at radius 1 is 0.778 bits per heavy atom. The van der Waals surface area contributed by atoms with Gasteiger partial charge in [0.2, 0.25) is 11.7 Å². The Balaban J connectivity index is 6.92. The third-order valence-electron chi connectivity index (χ3n) is 4.17. The number of hydrogen-bond acceptors (Lipinski definition) is 10. The van der Waals surface area contributed by atoms with Crippen molar-refractivity contribution < 1.29 is 49.2 Å². The molecule has 0 radical (unpaired) electrons. The zero-order valence-corrected chi connectivity index (χ0v) is 15.5. The second kappa shape index (κ2) is 8.57. The van der Waals surface area contributed by atoms with Crippen LogP contribution < -0.4 is 5.32 Å². The van der Waals surface area contributed by atoms with Crippen molar-refractivity contribution in [2.75, 3.05) is 0 Å². The Bertz CT molecular complexity index is 687. The molecule has 0 spiro atoms. The number of carbonyl (C=O) groups excluding carboxylic acids is 6. The minimum Gasteiger partial charge on any atom is -0.386 e. The van der Waals surface area contributed by atoms with Gasteiger partial charge in [-0.1, -0.05) is 0 Å². The summed E-state index contributed by atoms with van der Waals surface area (Å²) in [5.41, 5.74) is -7.20. The van der Waals surface area contributed by atoms with Crippen LogP contribution in [0.15, 0.2) is 0 Å². The topological polar surface area (TPSA) is 195 Å². The van der Waals surface area contributed by atoms with Gasteiger partial charge in [0.15, 0.2) is 34.3 Å². The predicted octanol–water partition coefficient (Wildman–Crippen LogP) is -3.40. The lowest BCUT2D eigenvalue weighted by Gasteiger charge is -2.46. The fourth-order valence-electron chi connectivity index (χ4n) is 2.61. The summed E-state index contributed by atoms with van der Waals surface area (Å²) in [5.74, 6) is -7.99. The number of aliphatic hydroxyl groups excluding tert-OH is 2. The van der Waals surface area contributed by atoms with Gasteiger partial charge < -0.3 is 25.7 Å². The maximum atomic E-state index is 12.2. The summed E-state index contributed by atoms with van der Waals surface area (Å²) >= 11 is 0. The fraction of sp³-hybridized carbons (Fsp3) is 0.625. The van der Waals surface area contributed by atoms with Gasteiger partial charge in [-0.25, -0.2) is 0 Å². The van der Waals surface area contributed by atoms with E-state index in [2.05, 4.69) is 0 Å². The highest BCUT2D eigenvalue weighted by Gasteiger charge is 2.67. The van der Waals surface area contributed by atoms with E-state index < -0.39 is 64.3 Å². The smallest absolute Gasteiger partial charge is 0.223 e. The lowest BCUT2D eigenvalue weighted by Crippen LogP contribution is -2.79. The molecule has 0 aliphatic heterocycles. The maximum Gasteiger partial charge on any atom is 0.223 e. The Labute approximate surface area is 154 Å². The fourth-order valence-corrected chi connectivity index (χ4v) is 2.61. The molecule has 0 aromatic heterocycles. The molecular formula is C16H23NO10. The molecule has 0 aliphatic rings. The van der Waals surface area contributed by atoms with E-state index in [1.807, 2.05) is 0 Å². The van der Waals surface area contributed by atoms with Crippen LogP contribution in [0.3, 0.4) is 0 Å². The number of carbonyl (C=O) groups is 6. The van der Waals surface area contributed by atoms with Crippen LogP contribution in [0.25, 0.3) is 0 Å². The molecule has 0 rings (SSSR count). The number of nitrogens with one attached hydrogen (secondary N) is 1. The molecule has 27 heavy (non-hydrogen) atoms. The molecule has 0 saturated heterocycles. The van der Waals surface area contributed by atoms with Crippen LogP contribution in [0.4, 0.5) is 0 Å². The molecule has 0 heterocycles. The van der Waals surface area contributed by atoms with E-state index in [0.717, 1.165) is 20.8 Å². The Morgan fingerprint density at radius 3 is 1.44 bits per heavy atom. The predicted molar refractivity (Wildman–Crippen MR) is 87.2 cm³/mol. The minimum atomic E-state index is -3.62. The van der Waals surface area contributed by atoms with E-state index >= 15 is 0 Å². The third kappa shape index (κ3) is 4.33. The first kappa shape index (κ1) is 24.7. The normalized spacial score (nSPS) is 18.9. The van der Waals surface area contributed by atoms with Crippen LogP contribution in [0.5, 0.6) is 0 Å². The maximum absolute atomic E-state index is 12.2. The van der Waals surface area contributed by atoms with Crippen molar-refractivity contribution in [3.8, 4) is 0 Å². The summed E-state index contributed by atoms with van der Waals surface area (Å²) in [6, 6.07) is -2.48. The van der Waals surface area contributed by atoms with E-state index in [9.17, 15) is 49.2 Å². The molecule has 0 bridgehead atoms. The zero-order valence-electron chi connectivity index (χ0n) is 15.5. The molecule has 5 N–H and O–H groups in total. The van der Waals surface area contributed by atoms with Gasteiger partial charge in [0, 0.05) is 13.8 Å². The molecule has 0 aliphatic carbocycles. The van der Waals surface area contributed by atoms with Gasteiger partial charge in [0.1, 0.15) is 18.2 Å². The second-order valence-corrected chi connectivity index (χ2v) is 6.20. The Morgan fingerprint density at radius 2 is 1.19 bits per heavy atom. The summed E-state index contributed by atoms with van der Waals surface area (Å²) in [6.07, 6.45) is -5.20. The van der Waals surface area contributed by atoms with E-state index in [4.69, 9.17) is 0 Å². The van der Waals surface area contributed by atoms with Gasteiger partial charge >= 0.3 is 0 Å². The number of hydrogen-bond donors (Lipinski definition) is 5. The Hall–Kier alpha value is -2.34. The van der Waals surface area contributed by atoms with Crippen LogP contribution in [0.2, 0.25) is 0 Å². The van der Waals surface area contributed by atoms with Gasteiger partial charge in [-0.15, -0.1) is 0 Å². The van der Waals surface area contributed by atoms with E-state index in [1.165, 1.54) is 0 Å². The molecule has 152 valence electrons. The van der Waals surface area contributed by atoms with E-state index in [-0.39, 0.29) is 0 Å². The molecule has 11 nitrogen and oxygen atoms in total. The second-order valence-electron chi connectivity index (χ2n) is 6.20. The molecule has 5 atom stereocenters. The number of Topliss-reactive ketones (excluding diaryl/α,β-unsaturated/α-hetero) is 5. The molecule has 1 unspecified atom stereocenters.